The van der Waals surface area contributed by atoms with Crippen molar-refractivity contribution in [3.05, 3.63) is 12.5 Å². The number of aliphatic carboxylic acids is 1. The van der Waals surface area contributed by atoms with Crippen molar-refractivity contribution in [1.82, 2.24) is 5.06 Å². The molecule has 4 nitrogen and oxygen atoms in total. The van der Waals surface area contributed by atoms with Crippen LogP contribution in [0, 0.1) is 12.5 Å². The molecule has 1 aliphatic rings. The van der Waals surface area contributed by atoms with E-state index >= 15 is 0 Å². The van der Waals surface area contributed by atoms with Gasteiger partial charge in [-0.15, -0.1) is 0 Å². The maximum absolute atomic E-state index is 10.1. The molecule has 0 amide bonds. The summed E-state index contributed by atoms with van der Waals surface area (Å²) >= 11 is 0. The molecule has 0 aromatic rings. The quantitative estimate of drug-likeness (QED) is 0.442. The molecule has 0 saturated carbocycles. The number of carboxylic acid groups (broad SMARTS) is 1. The summed E-state index contributed by atoms with van der Waals surface area (Å²) in [6.45, 7) is 0.391. The van der Waals surface area contributed by atoms with E-state index in [4.69, 9.17) is 10.3 Å². The van der Waals surface area contributed by atoms with Crippen molar-refractivity contribution in [3.63, 3.8) is 0 Å². The van der Waals surface area contributed by atoms with Gasteiger partial charge >= 0.3 is 17.1 Å². The molecule has 58 valence electrons. The second-order valence-corrected chi connectivity index (χ2v) is 1.81. The fourth-order valence-electron chi connectivity index (χ4n) is 0.747. The number of hydrogen-bond donors (Lipinski definition) is 2. The topological polar surface area (TPSA) is 60.8 Å². The van der Waals surface area contributed by atoms with Gasteiger partial charge in [-0.05, 0) is 6.54 Å². The monoisotopic (exact) mass is 185 g/mol. The van der Waals surface area contributed by atoms with Gasteiger partial charge in [0.25, 0.3) is 0 Å². The third-order valence-corrected chi connectivity index (χ3v) is 1.18. The Morgan fingerprint density at radius 2 is 2.30 bits per heavy atom. The largest absolute Gasteiger partial charge is 2.00 e. The van der Waals surface area contributed by atoms with Crippen molar-refractivity contribution < 1.29 is 32.2 Å². The fourth-order valence-corrected chi connectivity index (χ4v) is 0.747. The molecule has 0 aromatic heterocycles. The Balaban J connectivity index is 0.000000810. The van der Waals surface area contributed by atoms with Crippen molar-refractivity contribution in [2.45, 2.75) is 6.42 Å². The number of nitrogens with zero attached hydrogens (tertiary/aromatic N) is 1. The van der Waals surface area contributed by atoms with Gasteiger partial charge in [0.05, 0.1) is 0 Å². The molecule has 0 unspecified atom stereocenters. The Hall–Kier alpha value is -0.221. The van der Waals surface area contributed by atoms with Crippen LogP contribution in [-0.2, 0) is 21.9 Å². The second kappa shape index (κ2) is 3.83. The second-order valence-electron chi connectivity index (χ2n) is 1.81. The van der Waals surface area contributed by atoms with Gasteiger partial charge in [0.1, 0.15) is 0 Å². The number of carbonyl (C=O) groups is 1. The summed E-state index contributed by atoms with van der Waals surface area (Å²) in [5.74, 6) is -1.07. The number of rotatable bonds is 1. The van der Waals surface area contributed by atoms with Crippen LogP contribution in [0.15, 0.2) is 0 Å². The summed E-state index contributed by atoms with van der Waals surface area (Å²) in [6.07, 6.45) is 2.10. The average molecular weight is 185 g/mol. The van der Waals surface area contributed by atoms with Gasteiger partial charge in [0.15, 0.2) is 5.97 Å². The van der Waals surface area contributed by atoms with Gasteiger partial charge in [-0.3, -0.25) is 4.79 Å². The molecule has 1 fully saturated rings. The molecule has 1 heterocycles. The molecule has 0 spiro atoms. The van der Waals surface area contributed by atoms with Gasteiger partial charge in [0.2, 0.25) is 0 Å². The van der Waals surface area contributed by atoms with Crippen LogP contribution in [0.25, 0.3) is 0 Å². The van der Waals surface area contributed by atoms with Crippen LogP contribution in [-0.4, -0.2) is 27.9 Å². The molecular weight excluding hydrogens is 178 g/mol. The van der Waals surface area contributed by atoms with E-state index in [2.05, 4.69) is 0 Å². The third-order valence-electron chi connectivity index (χ3n) is 1.18. The van der Waals surface area contributed by atoms with E-state index in [1.165, 1.54) is 6.42 Å². The zero-order valence-electron chi connectivity index (χ0n) is 5.10. The molecule has 0 bridgehead atoms. The smallest absolute Gasteiger partial charge is 0.504 e. The zero-order chi connectivity index (χ0) is 6.85. The third kappa shape index (κ3) is 1.88. The Bertz CT molecular complexity index is 130. The van der Waals surface area contributed by atoms with Crippen molar-refractivity contribution in [1.29, 1.82) is 0 Å². The standard InChI is InChI=1S/C5H7NO3.Fe/c7-5(8)4-2-1-3-6(4)9;/h2,9H,1,3H2,(H,7,8);/q-2;+2. The number of hydrogen-bond acceptors (Lipinski definition) is 3. The van der Waals surface area contributed by atoms with E-state index in [-0.39, 0.29) is 23.1 Å². The molecule has 0 radical (unpaired) electrons. The minimum atomic E-state index is -1.07. The Kier molecular flexibility index (Phi) is 3.74. The first-order chi connectivity index (χ1) is 4.22. The zero-order valence-corrected chi connectivity index (χ0v) is 6.20. The van der Waals surface area contributed by atoms with Gasteiger partial charge in [-0.1, -0.05) is 0 Å². The minimum absolute atomic E-state index is 0. The predicted octanol–water partition coefficient (Wildman–Crippen LogP) is -0.100. The number of carboxylic acids is 1. The predicted molar refractivity (Wildman–Crippen MR) is 28.3 cm³/mol. The molecule has 5 heteroatoms. The molecule has 2 N–H and O–H groups in total. The van der Waals surface area contributed by atoms with Gasteiger partial charge in [0, 0.05) is 0 Å². The van der Waals surface area contributed by atoms with Crippen LogP contribution >= 0.6 is 0 Å². The SMILES string of the molecule is O=C(O)[C-]1[CH-]CCN1O.[Fe+2]. The summed E-state index contributed by atoms with van der Waals surface area (Å²) in [5.41, 5.74) is 0. The maximum Gasteiger partial charge on any atom is 2.00 e. The Morgan fingerprint density at radius 1 is 1.70 bits per heavy atom. The van der Waals surface area contributed by atoms with Crippen LogP contribution < -0.4 is 0 Å². The average Bonchev–Trinajstić information content (AvgIpc) is 2.13. The maximum atomic E-state index is 10.1. The first-order valence-electron chi connectivity index (χ1n) is 2.61. The minimum Gasteiger partial charge on any atom is -0.504 e. The summed E-state index contributed by atoms with van der Waals surface area (Å²) < 4.78 is 0. The van der Waals surface area contributed by atoms with Crippen LogP contribution in [0.2, 0.25) is 0 Å². The van der Waals surface area contributed by atoms with Gasteiger partial charge in [-0.25, -0.2) is 0 Å². The Labute approximate surface area is 69.3 Å². The van der Waals surface area contributed by atoms with Crippen molar-refractivity contribution >= 4 is 5.97 Å². The summed E-state index contributed by atoms with van der Waals surface area (Å²) in [6, 6.07) is -0.0185. The Morgan fingerprint density at radius 3 is 2.50 bits per heavy atom. The normalized spacial score (nSPS) is 18.7. The van der Waals surface area contributed by atoms with Crippen molar-refractivity contribution in [2.24, 2.45) is 0 Å². The molecule has 0 aromatic carbocycles. The molecule has 1 saturated heterocycles. The first kappa shape index (κ1) is 9.78. The molecule has 1 rings (SSSR count). The van der Waals surface area contributed by atoms with E-state index in [1.54, 1.807) is 0 Å². The molecule has 10 heavy (non-hydrogen) atoms. The van der Waals surface area contributed by atoms with Crippen LogP contribution in [0.3, 0.4) is 0 Å². The summed E-state index contributed by atoms with van der Waals surface area (Å²) in [5, 5.41) is 17.8. The molecular formula is C5H7FeNO3. The first-order valence-corrected chi connectivity index (χ1v) is 2.61. The van der Waals surface area contributed by atoms with Crippen LogP contribution in [0.1, 0.15) is 6.42 Å². The van der Waals surface area contributed by atoms with Crippen LogP contribution in [0.5, 0.6) is 0 Å². The van der Waals surface area contributed by atoms with E-state index in [9.17, 15) is 4.79 Å². The van der Waals surface area contributed by atoms with Crippen LogP contribution in [0.4, 0.5) is 0 Å². The van der Waals surface area contributed by atoms with E-state index in [0.717, 1.165) is 5.06 Å². The molecule has 1 aliphatic heterocycles. The van der Waals surface area contributed by atoms with E-state index < -0.39 is 5.97 Å². The van der Waals surface area contributed by atoms with Crippen molar-refractivity contribution in [2.75, 3.05) is 6.54 Å². The van der Waals surface area contributed by atoms with Gasteiger partial charge < -0.3 is 27.8 Å². The molecule has 0 aliphatic carbocycles. The summed E-state index contributed by atoms with van der Waals surface area (Å²) in [4.78, 5) is 10.1. The van der Waals surface area contributed by atoms with E-state index in [0.29, 0.717) is 13.0 Å². The van der Waals surface area contributed by atoms with Crippen molar-refractivity contribution in [3.8, 4) is 0 Å². The van der Waals surface area contributed by atoms with E-state index in [1.807, 2.05) is 0 Å². The molecule has 0 atom stereocenters. The van der Waals surface area contributed by atoms with Gasteiger partial charge in [-0.2, -0.15) is 6.42 Å². The fraction of sp³-hybridized carbons (Fsp3) is 0.400. The summed E-state index contributed by atoms with van der Waals surface area (Å²) in [7, 11) is 0. The number of hydroxylamine groups is 2.